The summed E-state index contributed by atoms with van der Waals surface area (Å²) in [5, 5.41) is 14.7. The van der Waals surface area contributed by atoms with Crippen molar-refractivity contribution in [3.8, 4) is 6.01 Å². The predicted molar refractivity (Wildman–Crippen MR) is 89.2 cm³/mol. The van der Waals surface area contributed by atoms with Crippen molar-refractivity contribution in [2.24, 2.45) is 0 Å². The van der Waals surface area contributed by atoms with E-state index < -0.39 is 0 Å². The van der Waals surface area contributed by atoms with Gasteiger partial charge in [-0.2, -0.15) is 4.68 Å². The molecule has 1 N–H and O–H groups in total. The van der Waals surface area contributed by atoms with Gasteiger partial charge in [-0.25, -0.2) is 0 Å². The van der Waals surface area contributed by atoms with Crippen LogP contribution in [0.1, 0.15) is 40.0 Å². The molecule has 2 rings (SSSR count). The summed E-state index contributed by atoms with van der Waals surface area (Å²) < 4.78 is 7.20. The molecule has 1 saturated heterocycles. The number of hydrogen-bond donors (Lipinski definition) is 1. The number of carbonyl (C=O) groups excluding carboxylic acids is 1. The molecule has 9 heteroatoms. The van der Waals surface area contributed by atoms with E-state index in [1.807, 2.05) is 20.8 Å². The van der Waals surface area contributed by atoms with Crippen molar-refractivity contribution in [1.82, 2.24) is 30.4 Å². The highest BCUT2D eigenvalue weighted by molar-refractivity contribution is 7.80. The maximum absolute atomic E-state index is 12.4. The van der Waals surface area contributed by atoms with E-state index >= 15 is 0 Å². The number of carbonyl (C=O) groups is 1. The van der Waals surface area contributed by atoms with E-state index in [1.54, 1.807) is 9.58 Å². The zero-order chi connectivity index (χ0) is 16.8. The zero-order valence-corrected chi connectivity index (χ0v) is 14.7. The lowest BCUT2D eigenvalue weighted by Crippen LogP contribution is -2.46. The van der Waals surface area contributed by atoms with Crippen molar-refractivity contribution in [2.45, 2.75) is 58.7 Å². The molecule has 0 saturated carbocycles. The van der Waals surface area contributed by atoms with Crippen molar-refractivity contribution in [3.05, 3.63) is 0 Å². The maximum Gasteiger partial charge on any atom is 0.342 e. The van der Waals surface area contributed by atoms with Gasteiger partial charge in [0.2, 0.25) is 0 Å². The number of ether oxygens (including phenoxy) is 1. The van der Waals surface area contributed by atoms with Crippen LogP contribution >= 0.6 is 12.2 Å². The van der Waals surface area contributed by atoms with Crippen molar-refractivity contribution in [2.75, 3.05) is 13.1 Å². The van der Waals surface area contributed by atoms with Gasteiger partial charge in [0.1, 0.15) is 0 Å². The average molecular weight is 340 g/mol. The Kier molecular flexibility index (Phi) is 6.40. The van der Waals surface area contributed by atoms with Crippen LogP contribution in [0.4, 0.5) is 0 Å². The van der Waals surface area contributed by atoms with Crippen LogP contribution in [0.2, 0.25) is 0 Å². The van der Waals surface area contributed by atoms with Crippen LogP contribution in [0.5, 0.6) is 6.01 Å². The third-order valence-corrected chi connectivity index (χ3v) is 4.06. The normalized spacial score (nSPS) is 17.5. The van der Waals surface area contributed by atoms with E-state index in [0.29, 0.717) is 6.54 Å². The second-order valence-corrected chi connectivity index (χ2v) is 6.24. The second-order valence-electron chi connectivity index (χ2n) is 5.89. The van der Waals surface area contributed by atoms with E-state index in [2.05, 4.69) is 20.8 Å². The first kappa shape index (κ1) is 17.7. The number of tetrazole rings is 1. The third-order valence-electron chi connectivity index (χ3n) is 3.75. The van der Waals surface area contributed by atoms with Crippen molar-refractivity contribution in [1.29, 1.82) is 0 Å². The molecule has 1 aliphatic rings. The van der Waals surface area contributed by atoms with Gasteiger partial charge in [-0.3, -0.25) is 4.79 Å². The first-order chi connectivity index (χ1) is 11.0. The molecule has 0 unspecified atom stereocenters. The number of aryl methyl sites for hydroxylation is 1. The molecule has 0 aromatic carbocycles. The van der Waals surface area contributed by atoms with Crippen LogP contribution in [-0.2, 0) is 11.3 Å². The van der Waals surface area contributed by atoms with Crippen LogP contribution in [0.15, 0.2) is 0 Å². The molecule has 128 valence electrons. The molecule has 0 aliphatic carbocycles. The fourth-order valence-electron chi connectivity index (χ4n) is 2.45. The summed E-state index contributed by atoms with van der Waals surface area (Å²) in [6.07, 6.45) is 2.80. The number of thiocarbonyl (C=S) groups is 1. The summed E-state index contributed by atoms with van der Waals surface area (Å²) >= 11 is 5.36. The lowest BCUT2D eigenvalue weighted by atomic mass is 10.1. The lowest BCUT2D eigenvalue weighted by Gasteiger charge is -2.28. The molecule has 23 heavy (non-hydrogen) atoms. The summed E-state index contributed by atoms with van der Waals surface area (Å²) in [6.45, 7) is 7.74. The Labute approximate surface area is 141 Å². The van der Waals surface area contributed by atoms with E-state index in [1.165, 1.54) is 0 Å². The highest BCUT2D eigenvalue weighted by atomic mass is 32.1. The zero-order valence-electron chi connectivity index (χ0n) is 13.9. The van der Waals surface area contributed by atoms with Crippen molar-refractivity contribution < 1.29 is 9.53 Å². The molecular formula is C14H24N6O2S. The fourth-order valence-corrected chi connectivity index (χ4v) is 2.80. The molecule has 1 atom stereocenters. The van der Waals surface area contributed by atoms with Crippen molar-refractivity contribution >= 4 is 23.2 Å². The number of rotatable bonds is 7. The summed E-state index contributed by atoms with van der Waals surface area (Å²) in [5.41, 5.74) is 0. The number of aromatic nitrogens is 4. The van der Waals surface area contributed by atoms with Crippen LogP contribution in [-0.4, -0.2) is 61.2 Å². The number of ketones is 1. The minimum absolute atomic E-state index is 0.0448. The van der Waals surface area contributed by atoms with E-state index in [0.717, 1.165) is 25.8 Å². The van der Waals surface area contributed by atoms with Gasteiger partial charge in [0.05, 0.1) is 12.6 Å². The number of nitrogens with zero attached hydrogens (tertiary/aromatic N) is 5. The Hall–Kier alpha value is -1.61. The molecule has 1 fully saturated rings. The molecule has 0 amide bonds. The quantitative estimate of drug-likeness (QED) is 0.729. The maximum atomic E-state index is 12.4. The Bertz CT molecular complexity index is 541. The van der Waals surface area contributed by atoms with E-state index in [4.69, 9.17) is 17.0 Å². The number of hydrogen-bond acceptors (Lipinski definition) is 7. The van der Waals surface area contributed by atoms with Gasteiger partial charge in [0, 0.05) is 12.6 Å². The summed E-state index contributed by atoms with van der Waals surface area (Å²) in [6, 6.07) is 0.224. The Balaban J connectivity index is 2.00. The van der Waals surface area contributed by atoms with Gasteiger partial charge in [0.15, 0.2) is 5.78 Å². The smallest absolute Gasteiger partial charge is 0.342 e. The van der Waals surface area contributed by atoms with Crippen molar-refractivity contribution in [3.63, 3.8) is 0 Å². The highest BCUT2D eigenvalue weighted by Crippen LogP contribution is 2.12. The summed E-state index contributed by atoms with van der Waals surface area (Å²) in [7, 11) is 0. The molecule has 8 nitrogen and oxygen atoms in total. The van der Waals surface area contributed by atoms with Crippen LogP contribution in [0.3, 0.4) is 0 Å². The number of Topliss-reactive ketones (excluding diaryl/α,β-unsaturated/α-hetero) is 1. The fraction of sp³-hybridized carbons (Fsp3) is 0.786. The van der Waals surface area contributed by atoms with Gasteiger partial charge >= 0.3 is 6.01 Å². The molecule has 1 aliphatic heterocycles. The first-order valence-electron chi connectivity index (χ1n) is 8.03. The topological polar surface area (TPSA) is 85.2 Å². The standard InChI is InChI=1S/C14H24N6O2S/c1-4-8-20-13(16-17-18-20)22-14(23)19(10(2)3)9-12(21)11-6-5-7-15-11/h10-11,15H,4-9H2,1-3H3/t11-/m0/s1. The van der Waals surface area contributed by atoms with Gasteiger partial charge in [-0.05, 0) is 62.3 Å². The monoisotopic (exact) mass is 340 g/mol. The minimum Gasteiger partial charge on any atom is -0.396 e. The van der Waals surface area contributed by atoms with Gasteiger partial charge in [-0.15, -0.1) is 0 Å². The van der Waals surface area contributed by atoms with E-state index in [9.17, 15) is 4.79 Å². The molecular weight excluding hydrogens is 316 g/mol. The van der Waals surface area contributed by atoms with Gasteiger partial charge in [0.25, 0.3) is 5.17 Å². The summed E-state index contributed by atoms with van der Waals surface area (Å²) in [5.74, 6) is 0.135. The lowest BCUT2D eigenvalue weighted by molar-refractivity contribution is -0.121. The second kappa shape index (κ2) is 8.30. The minimum atomic E-state index is -0.0792. The molecule has 1 aromatic rings. The average Bonchev–Trinajstić information content (AvgIpc) is 3.17. The molecule has 0 bridgehead atoms. The summed E-state index contributed by atoms with van der Waals surface area (Å²) in [4.78, 5) is 14.1. The molecule has 1 aromatic heterocycles. The van der Waals surface area contributed by atoms with Gasteiger partial charge < -0.3 is 15.0 Å². The largest absolute Gasteiger partial charge is 0.396 e. The Morgan fingerprint density at radius 1 is 1.57 bits per heavy atom. The predicted octanol–water partition coefficient (Wildman–Crippen LogP) is 0.778. The van der Waals surface area contributed by atoms with Crippen LogP contribution in [0.25, 0.3) is 0 Å². The SMILES string of the molecule is CCCn1nnnc1OC(=S)N(CC(=O)[C@@H]1CCCN1)C(C)C. The molecule has 0 radical (unpaired) electrons. The van der Waals surface area contributed by atoms with Crippen LogP contribution in [0, 0.1) is 0 Å². The van der Waals surface area contributed by atoms with E-state index in [-0.39, 0.29) is 35.6 Å². The molecule has 2 heterocycles. The molecule has 0 spiro atoms. The Morgan fingerprint density at radius 3 is 2.96 bits per heavy atom. The van der Waals surface area contributed by atoms with Gasteiger partial charge in [-0.1, -0.05) is 12.0 Å². The van der Waals surface area contributed by atoms with Crippen LogP contribution < -0.4 is 10.1 Å². The Morgan fingerprint density at radius 2 is 2.35 bits per heavy atom. The first-order valence-corrected chi connectivity index (χ1v) is 8.44. The third kappa shape index (κ3) is 4.68. The highest BCUT2D eigenvalue weighted by Gasteiger charge is 2.27. The number of nitrogens with one attached hydrogen (secondary N) is 1.